The minimum Gasteiger partial charge on any atom is -0.356 e. The maximum atomic E-state index is 12.2. The van der Waals surface area contributed by atoms with Crippen molar-refractivity contribution in [3.8, 4) is 12.3 Å². The molecule has 1 amide bonds. The fraction of sp³-hybridized carbons (Fsp3) is 0.438. The predicted octanol–water partition coefficient (Wildman–Crippen LogP) is 1.79. The molecule has 100 valence electrons. The Hall–Kier alpha value is -1.79. The number of nitrogens with one attached hydrogen (secondary N) is 2. The van der Waals surface area contributed by atoms with E-state index in [9.17, 15) is 4.79 Å². The van der Waals surface area contributed by atoms with E-state index in [1.807, 2.05) is 12.1 Å². The minimum absolute atomic E-state index is 0.0717. The summed E-state index contributed by atoms with van der Waals surface area (Å²) in [6, 6.07) is 8.14. The quantitative estimate of drug-likeness (QED) is 0.623. The molecule has 1 atom stereocenters. The van der Waals surface area contributed by atoms with Crippen LogP contribution in [0.2, 0.25) is 0 Å². The van der Waals surface area contributed by atoms with Crippen molar-refractivity contribution < 1.29 is 4.79 Å². The molecule has 0 spiro atoms. The molecule has 2 N–H and O–H groups in total. The molecule has 19 heavy (non-hydrogen) atoms. The van der Waals surface area contributed by atoms with Crippen LogP contribution in [0.1, 0.15) is 36.3 Å². The van der Waals surface area contributed by atoms with Gasteiger partial charge in [-0.05, 0) is 24.0 Å². The van der Waals surface area contributed by atoms with Crippen LogP contribution in [0.3, 0.4) is 0 Å². The van der Waals surface area contributed by atoms with E-state index in [-0.39, 0.29) is 11.8 Å². The molecule has 0 radical (unpaired) electrons. The SMILES string of the molecule is C#CCCCCNC(=O)C1CNCc2ccccc21. The zero-order valence-electron chi connectivity index (χ0n) is 11.1. The molecular formula is C16H20N2O. The largest absolute Gasteiger partial charge is 0.356 e. The summed E-state index contributed by atoms with van der Waals surface area (Å²) < 4.78 is 0. The molecule has 3 heteroatoms. The summed E-state index contributed by atoms with van der Waals surface area (Å²) in [4.78, 5) is 12.2. The van der Waals surface area contributed by atoms with Crippen LogP contribution in [0.4, 0.5) is 0 Å². The molecule has 0 aromatic heterocycles. The number of carbonyl (C=O) groups excluding carboxylic acids is 1. The number of hydrogen-bond donors (Lipinski definition) is 2. The summed E-state index contributed by atoms with van der Waals surface area (Å²) in [6.45, 7) is 2.27. The smallest absolute Gasteiger partial charge is 0.228 e. The second-order valence-corrected chi connectivity index (χ2v) is 4.83. The monoisotopic (exact) mass is 256 g/mol. The molecule has 1 heterocycles. The highest BCUT2D eigenvalue weighted by Gasteiger charge is 2.25. The molecule has 0 aliphatic carbocycles. The molecular weight excluding hydrogens is 236 g/mol. The van der Waals surface area contributed by atoms with Gasteiger partial charge in [0.05, 0.1) is 5.92 Å². The average molecular weight is 256 g/mol. The van der Waals surface area contributed by atoms with Crippen LogP contribution in [-0.2, 0) is 11.3 Å². The van der Waals surface area contributed by atoms with Gasteiger partial charge in [0.2, 0.25) is 5.91 Å². The highest BCUT2D eigenvalue weighted by molar-refractivity contribution is 5.84. The summed E-state index contributed by atoms with van der Waals surface area (Å²) in [5.41, 5.74) is 2.38. The van der Waals surface area contributed by atoms with E-state index < -0.39 is 0 Å². The Kier molecular flexibility index (Phi) is 5.00. The van der Waals surface area contributed by atoms with Crippen molar-refractivity contribution in [2.45, 2.75) is 31.7 Å². The number of rotatable bonds is 5. The maximum absolute atomic E-state index is 12.2. The molecule has 0 saturated carbocycles. The lowest BCUT2D eigenvalue weighted by Gasteiger charge is -2.25. The molecule has 0 fully saturated rings. The van der Waals surface area contributed by atoms with E-state index in [2.05, 4.69) is 28.7 Å². The molecule has 1 unspecified atom stereocenters. The predicted molar refractivity (Wildman–Crippen MR) is 76.6 cm³/mol. The lowest BCUT2D eigenvalue weighted by atomic mass is 9.90. The number of hydrogen-bond acceptors (Lipinski definition) is 2. The number of amides is 1. The van der Waals surface area contributed by atoms with E-state index in [1.54, 1.807) is 0 Å². The van der Waals surface area contributed by atoms with Crippen molar-refractivity contribution in [2.24, 2.45) is 0 Å². The van der Waals surface area contributed by atoms with Gasteiger partial charge in [-0.1, -0.05) is 24.3 Å². The third-order valence-corrected chi connectivity index (χ3v) is 3.46. The summed E-state index contributed by atoms with van der Waals surface area (Å²) in [5, 5.41) is 6.30. The van der Waals surface area contributed by atoms with E-state index in [1.165, 1.54) is 5.56 Å². The highest BCUT2D eigenvalue weighted by atomic mass is 16.1. The Bertz CT molecular complexity index is 476. The number of carbonyl (C=O) groups is 1. The first-order chi connectivity index (χ1) is 9.33. The number of unbranched alkanes of at least 4 members (excludes halogenated alkanes) is 2. The van der Waals surface area contributed by atoms with E-state index in [0.29, 0.717) is 13.1 Å². The van der Waals surface area contributed by atoms with E-state index in [4.69, 9.17) is 6.42 Å². The van der Waals surface area contributed by atoms with Crippen LogP contribution in [0.15, 0.2) is 24.3 Å². The second-order valence-electron chi connectivity index (χ2n) is 4.83. The molecule has 0 bridgehead atoms. The molecule has 1 aliphatic heterocycles. The van der Waals surface area contributed by atoms with Crippen LogP contribution in [-0.4, -0.2) is 19.0 Å². The molecule has 1 aromatic rings. The minimum atomic E-state index is -0.0717. The third-order valence-electron chi connectivity index (χ3n) is 3.46. The van der Waals surface area contributed by atoms with Gasteiger partial charge >= 0.3 is 0 Å². The maximum Gasteiger partial charge on any atom is 0.228 e. The van der Waals surface area contributed by atoms with Crippen molar-refractivity contribution in [2.75, 3.05) is 13.1 Å². The molecule has 1 aliphatic rings. The van der Waals surface area contributed by atoms with Crippen molar-refractivity contribution >= 4 is 5.91 Å². The zero-order valence-corrected chi connectivity index (χ0v) is 11.1. The van der Waals surface area contributed by atoms with Gasteiger partial charge in [-0.3, -0.25) is 4.79 Å². The summed E-state index contributed by atoms with van der Waals surface area (Å²) >= 11 is 0. The van der Waals surface area contributed by atoms with Gasteiger partial charge in [0.1, 0.15) is 0 Å². The second kappa shape index (κ2) is 6.96. The number of fused-ring (bicyclic) bond motifs is 1. The first-order valence-corrected chi connectivity index (χ1v) is 6.82. The van der Waals surface area contributed by atoms with Gasteiger partial charge in [0.25, 0.3) is 0 Å². The first-order valence-electron chi connectivity index (χ1n) is 6.82. The number of terminal acetylenes is 1. The van der Waals surface area contributed by atoms with Gasteiger partial charge in [0, 0.05) is 26.1 Å². The normalized spacial score (nSPS) is 17.3. The fourth-order valence-corrected chi connectivity index (χ4v) is 2.42. The molecule has 1 aromatic carbocycles. The third kappa shape index (κ3) is 3.59. The highest BCUT2D eigenvalue weighted by Crippen LogP contribution is 2.23. The van der Waals surface area contributed by atoms with Crippen LogP contribution in [0.25, 0.3) is 0 Å². The first kappa shape index (κ1) is 13.6. The van der Waals surface area contributed by atoms with E-state index >= 15 is 0 Å². The topological polar surface area (TPSA) is 41.1 Å². The molecule has 2 rings (SSSR count). The number of benzene rings is 1. The zero-order chi connectivity index (χ0) is 13.5. The lowest BCUT2D eigenvalue weighted by molar-refractivity contribution is -0.122. The van der Waals surface area contributed by atoms with Gasteiger partial charge in [-0.2, -0.15) is 0 Å². The van der Waals surface area contributed by atoms with Crippen molar-refractivity contribution in [3.63, 3.8) is 0 Å². The van der Waals surface area contributed by atoms with Crippen molar-refractivity contribution in [3.05, 3.63) is 35.4 Å². The Morgan fingerprint density at radius 1 is 1.42 bits per heavy atom. The summed E-state index contributed by atoms with van der Waals surface area (Å²) in [5.74, 6) is 2.65. The molecule has 3 nitrogen and oxygen atoms in total. The lowest BCUT2D eigenvalue weighted by Crippen LogP contribution is -2.39. The standard InChI is InChI=1S/C16H20N2O/c1-2-3-4-7-10-18-16(19)15-12-17-11-13-8-5-6-9-14(13)15/h1,5-6,8-9,15,17H,3-4,7,10-12H2,(H,18,19). The van der Waals surface area contributed by atoms with Gasteiger partial charge < -0.3 is 10.6 Å². The Labute approximate surface area is 114 Å². The van der Waals surface area contributed by atoms with Gasteiger partial charge in [0.15, 0.2) is 0 Å². The molecule has 0 saturated heterocycles. The Morgan fingerprint density at radius 2 is 2.26 bits per heavy atom. The van der Waals surface area contributed by atoms with Crippen molar-refractivity contribution in [1.29, 1.82) is 0 Å². The van der Waals surface area contributed by atoms with Gasteiger partial charge in [-0.25, -0.2) is 0 Å². The summed E-state index contributed by atoms with van der Waals surface area (Å²) in [6.07, 6.45) is 7.89. The van der Waals surface area contributed by atoms with Crippen LogP contribution < -0.4 is 10.6 Å². The Morgan fingerprint density at radius 3 is 3.11 bits per heavy atom. The summed E-state index contributed by atoms with van der Waals surface area (Å²) in [7, 11) is 0. The average Bonchev–Trinajstić information content (AvgIpc) is 2.46. The van der Waals surface area contributed by atoms with Crippen LogP contribution in [0.5, 0.6) is 0 Å². The van der Waals surface area contributed by atoms with Crippen LogP contribution >= 0.6 is 0 Å². The van der Waals surface area contributed by atoms with Gasteiger partial charge in [-0.15, -0.1) is 12.3 Å². The Balaban J connectivity index is 1.89. The fourth-order valence-electron chi connectivity index (χ4n) is 2.42. The van der Waals surface area contributed by atoms with Crippen molar-refractivity contribution in [1.82, 2.24) is 10.6 Å². The van der Waals surface area contributed by atoms with Crippen LogP contribution in [0, 0.1) is 12.3 Å². The van der Waals surface area contributed by atoms with E-state index in [0.717, 1.165) is 31.4 Å².